The lowest BCUT2D eigenvalue weighted by Crippen LogP contribution is -2.33. The van der Waals surface area contributed by atoms with Gasteiger partial charge in [0.05, 0.1) is 17.1 Å². The highest BCUT2D eigenvalue weighted by molar-refractivity contribution is 7.91. The number of anilines is 1. The lowest BCUT2D eigenvalue weighted by Gasteiger charge is -2.24. The predicted molar refractivity (Wildman–Crippen MR) is 93.9 cm³/mol. The Kier molecular flexibility index (Phi) is 5.32. The molecular weight excluding hydrogens is 330 g/mol. The molecule has 0 atom stereocenters. The summed E-state index contributed by atoms with van der Waals surface area (Å²) in [6.45, 7) is 8.75. The number of carbonyl (C=O) groups excluding carboxylic acids is 1. The smallest absolute Gasteiger partial charge is 0.228 e. The van der Waals surface area contributed by atoms with Crippen LogP contribution in [0.2, 0.25) is 19.1 Å². The van der Waals surface area contributed by atoms with Gasteiger partial charge >= 0.3 is 0 Å². The molecule has 1 N–H and O–H groups in total. The number of hydrogen-bond acceptors (Lipinski definition) is 4. The van der Waals surface area contributed by atoms with E-state index in [1.54, 1.807) is 18.2 Å². The summed E-state index contributed by atoms with van der Waals surface area (Å²) in [5, 5.41) is 2.70. The van der Waals surface area contributed by atoms with E-state index >= 15 is 0 Å². The van der Waals surface area contributed by atoms with Crippen molar-refractivity contribution in [2.75, 3.05) is 17.7 Å². The van der Waals surface area contributed by atoms with Crippen LogP contribution < -0.4 is 5.32 Å². The van der Waals surface area contributed by atoms with Crippen molar-refractivity contribution >= 4 is 29.7 Å². The molecule has 1 aromatic rings. The first-order valence-electron chi connectivity index (χ1n) is 7.88. The van der Waals surface area contributed by atoms with E-state index in [0.29, 0.717) is 11.6 Å². The fourth-order valence-electron chi connectivity index (χ4n) is 2.99. The van der Waals surface area contributed by atoms with E-state index in [9.17, 15) is 13.2 Å². The Balaban J connectivity index is 2.00. The number of amides is 1. The first-order valence-corrected chi connectivity index (χ1v) is 12.7. The quantitative estimate of drug-likeness (QED) is 0.763. The van der Waals surface area contributed by atoms with E-state index < -0.39 is 18.2 Å². The van der Waals surface area contributed by atoms with Crippen LogP contribution in [-0.2, 0) is 25.5 Å². The van der Waals surface area contributed by atoms with Crippen LogP contribution in [0.1, 0.15) is 19.4 Å². The van der Waals surface area contributed by atoms with Gasteiger partial charge in [-0.2, -0.15) is 0 Å². The Bertz CT molecular complexity index is 698. The summed E-state index contributed by atoms with van der Waals surface area (Å²) in [7, 11) is -5.20. The topological polar surface area (TPSA) is 72.5 Å². The van der Waals surface area contributed by atoms with Crippen LogP contribution in [0.4, 0.5) is 5.69 Å². The lowest BCUT2D eigenvalue weighted by atomic mass is 10.2. The first-order chi connectivity index (χ1) is 10.6. The van der Waals surface area contributed by atoms with Crippen LogP contribution in [0.3, 0.4) is 0 Å². The van der Waals surface area contributed by atoms with E-state index in [1.165, 1.54) is 0 Å². The molecule has 0 unspecified atom stereocenters. The molecule has 2 rings (SSSR count). The Morgan fingerprint density at radius 1 is 1.30 bits per heavy atom. The third-order valence-electron chi connectivity index (χ3n) is 3.81. The second kappa shape index (κ2) is 6.74. The van der Waals surface area contributed by atoms with Gasteiger partial charge in [0.1, 0.15) is 0 Å². The van der Waals surface area contributed by atoms with Crippen molar-refractivity contribution in [2.45, 2.75) is 44.3 Å². The van der Waals surface area contributed by atoms with E-state index in [1.807, 2.05) is 0 Å². The van der Waals surface area contributed by atoms with Gasteiger partial charge in [-0.3, -0.25) is 4.79 Å². The van der Waals surface area contributed by atoms with Gasteiger partial charge in [0, 0.05) is 12.3 Å². The van der Waals surface area contributed by atoms with Crippen molar-refractivity contribution in [2.24, 2.45) is 5.92 Å². The molecule has 0 fully saturated rings. The van der Waals surface area contributed by atoms with Gasteiger partial charge in [-0.15, -0.1) is 0 Å². The molecular formula is C16H25NO4SSi. The van der Waals surface area contributed by atoms with E-state index in [0.717, 1.165) is 11.6 Å². The highest BCUT2D eigenvalue weighted by Gasteiger charge is 2.26. The summed E-state index contributed by atoms with van der Waals surface area (Å²) in [6, 6.07) is 5.82. The number of rotatable bonds is 7. The molecule has 0 aliphatic carbocycles. The largest absolute Gasteiger partial charge is 0.416 e. The molecule has 1 aliphatic rings. The molecule has 0 bridgehead atoms. The van der Waals surface area contributed by atoms with Crippen LogP contribution in [0.25, 0.3) is 0 Å². The van der Waals surface area contributed by atoms with Crippen molar-refractivity contribution in [1.29, 1.82) is 0 Å². The Morgan fingerprint density at radius 3 is 2.65 bits per heavy atom. The number of carbonyl (C=O) groups is 1. The highest BCUT2D eigenvalue weighted by Crippen LogP contribution is 2.26. The second-order valence-electron chi connectivity index (χ2n) is 7.07. The van der Waals surface area contributed by atoms with Crippen LogP contribution >= 0.6 is 0 Å². The van der Waals surface area contributed by atoms with Gasteiger partial charge in [-0.05, 0) is 48.8 Å². The van der Waals surface area contributed by atoms with Crippen LogP contribution in [0.15, 0.2) is 23.1 Å². The SMILES string of the molecule is CC(C)C[Si](C)(C)OCCS(=O)(=O)c1ccc2c(c1)CC(=O)N2. The average molecular weight is 356 g/mol. The van der Waals surface area contributed by atoms with Gasteiger partial charge in [-0.25, -0.2) is 8.42 Å². The molecule has 0 spiro atoms. The molecule has 5 nitrogen and oxygen atoms in total. The van der Waals surface area contributed by atoms with E-state index in [4.69, 9.17) is 4.43 Å². The van der Waals surface area contributed by atoms with Crippen molar-refractivity contribution in [1.82, 2.24) is 0 Å². The summed E-state index contributed by atoms with van der Waals surface area (Å²) >= 11 is 0. The fraction of sp³-hybridized carbons (Fsp3) is 0.562. The zero-order valence-corrected chi connectivity index (χ0v) is 16.0. The van der Waals surface area contributed by atoms with Gasteiger partial charge in [0.15, 0.2) is 18.2 Å². The summed E-state index contributed by atoms with van der Waals surface area (Å²) in [4.78, 5) is 11.6. The zero-order valence-electron chi connectivity index (χ0n) is 14.2. The van der Waals surface area contributed by atoms with Gasteiger partial charge in [-0.1, -0.05) is 13.8 Å². The number of benzene rings is 1. The number of hydrogen-bond donors (Lipinski definition) is 1. The zero-order chi connectivity index (χ0) is 17.3. The van der Waals surface area contributed by atoms with Gasteiger partial charge in [0.25, 0.3) is 0 Å². The molecule has 1 aromatic carbocycles. The third-order valence-corrected chi connectivity index (χ3v) is 8.27. The Hall–Kier alpha value is -1.18. The standard InChI is InChI=1S/C16H25NO4SSi/c1-12(2)11-23(3,4)21-7-8-22(19,20)14-5-6-15-13(9-14)10-16(18)17-15/h5-6,9,12H,7-8,10-11H2,1-4H3,(H,17,18). The normalized spacial score (nSPS) is 14.9. The lowest BCUT2D eigenvalue weighted by molar-refractivity contribution is -0.115. The fourth-order valence-corrected chi connectivity index (χ4v) is 7.01. The maximum absolute atomic E-state index is 12.5. The molecule has 0 aromatic heterocycles. The molecule has 0 radical (unpaired) electrons. The van der Waals surface area contributed by atoms with Crippen molar-refractivity contribution in [3.05, 3.63) is 23.8 Å². The third kappa shape index (κ3) is 4.89. The number of sulfone groups is 1. The summed E-state index contributed by atoms with van der Waals surface area (Å²) in [5.74, 6) is 0.427. The van der Waals surface area contributed by atoms with Crippen molar-refractivity contribution in [3.63, 3.8) is 0 Å². The van der Waals surface area contributed by atoms with Crippen molar-refractivity contribution in [3.8, 4) is 0 Å². The van der Waals surface area contributed by atoms with Crippen LogP contribution in [-0.4, -0.2) is 35.0 Å². The number of fused-ring (bicyclic) bond motifs is 1. The molecule has 1 aliphatic heterocycles. The minimum atomic E-state index is -3.39. The van der Waals surface area contributed by atoms with E-state index in [-0.39, 0.29) is 29.6 Å². The highest BCUT2D eigenvalue weighted by atomic mass is 32.2. The summed E-state index contributed by atoms with van der Waals surface area (Å²) < 4.78 is 30.8. The molecule has 1 heterocycles. The summed E-state index contributed by atoms with van der Waals surface area (Å²) in [5.41, 5.74) is 1.45. The Morgan fingerprint density at radius 2 is 2.00 bits per heavy atom. The maximum atomic E-state index is 12.5. The van der Waals surface area contributed by atoms with Gasteiger partial charge < -0.3 is 9.74 Å². The molecule has 23 heavy (non-hydrogen) atoms. The molecule has 0 saturated carbocycles. The monoisotopic (exact) mass is 355 g/mol. The number of nitrogens with one attached hydrogen (secondary N) is 1. The molecule has 1 amide bonds. The maximum Gasteiger partial charge on any atom is 0.228 e. The minimum Gasteiger partial charge on any atom is -0.416 e. The first kappa shape index (κ1) is 18.2. The molecule has 128 valence electrons. The van der Waals surface area contributed by atoms with Crippen molar-refractivity contribution < 1.29 is 17.6 Å². The average Bonchev–Trinajstić information content (AvgIpc) is 2.75. The van der Waals surface area contributed by atoms with Crippen LogP contribution in [0, 0.1) is 5.92 Å². The van der Waals surface area contributed by atoms with Gasteiger partial charge in [0.2, 0.25) is 5.91 Å². The Labute approximate surface area is 139 Å². The minimum absolute atomic E-state index is 0.0261. The summed E-state index contributed by atoms with van der Waals surface area (Å²) in [6.07, 6.45) is 0.240. The van der Waals surface area contributed by atoms with E-state index in [2.05, 4.69) is 32.3 Å². The van der Waals surface area contributed by atoms with Crippen LogP contribution in [0.5, 0.6) is 0 Å². The predicted octanol–water partition coefficient (Wildman–Crippen LogP) is 2.83. The molecule has 7 heteroatoms. The molecule has 0 saturated heterocycles. The second-order valence-corrected chi connectivity index (χ2v) is 13.4.